The van der Waals surface area contributed by atoms with E-state index in [2.05, 4.69) is 39.6 Å². The molecular weight excluding hydrogens is 344 g/mol. The molecule has 1 amide bonds. The second-order valence-electron chi connectivity index (χ2n) is 7.23. The molecule has 3 aromatic heterocycles. The van der Waals surface area contributed by atoms with Crippen LogP contribution in [0, 0.1) is 5.92 Å². The second-order valence-corrected chi connectivity index (χ2v) is 7.23. The van der Waals surface area contributed by atoms with E-state index >= 15 is 0 Å². The quantitative estimate of drug-likeness (QED) is 0.680. The molecule has 4 rings (SSSR count). The number of likely N-dealkylation sites (tertiary alicyclic amines) is 1. The molecule has 9 nitrogen and oxygen atoms in total. The molecule has 1 aliphatic heterocycles. The van der Waals surface area contributed by atoms with Crippen LogP contribution in [-0.4, -0.2) is 58.7 Å². The summed E-state index contributed by atoms with van der Waals surface area (Å²) in [7, 11) is 0. The Balaban J connectivity index is 1.57. The predicted octanol–water partition coefficient (Wildman–Crippen LogP) is 1.71. The molecule has 0 aliphatic carbocycles. The van der Waals surface area contributed by atoms with Crippen LogP contribution in [0.4, 0.5) is 0 Å². The number of fused-ring (bicyclic) bond motifs is 1. The number of rotatable bonds is 5. The fourth-order valence-electron chi connectivity index (χ4n) is 3.85. The Hall–Kier alpha value is -2.84. The van der Waals surface area contributed by atoms with Crippen LogP contribution >= 0.6 is 0 Å². The van der Waals surface area contributed by atoms with Gasteiger partial charge in [0.2, 0.25) is 5.91 Å². The monoisotopic (exact) mass is 368 g/mol. The predicted molar refractivity (Wildman–Crippen MR) is 97.9 cm³/mol. The number of carbonyl (C=O) groups excluding carboxylic acids is 1. The average Bonchev–Trinajstić information content (AvgIpc) is 3.38. The minimum absolute atomic E-state index is 0.0789. The molecule has 3 atom stereocenters. The minimum atomic E-state index is -0.376. The lowest BCUT2D eigenvalue weighted by Gasteiger charge is -2.35. The van der Waals surface area contributed by atoms with Crippen molar-refractivity contribution in [1.82, 2.24) is 39.7 Å². The van der Waals surface area contributed by atoms with Gasteiger partial charge in [-0.1, -0.05) is 26.3 Å². The fourth-order valence-corrected chi connectivity index (χ4v) is 3.85. The number of hydrogen-bond donors (Lipinski definition) is 0. The van der Waals surface area contributed by atoms with Gasteiger partial charge in [0.1, 0.15) is 18.2 Å². The van der Waals surface area contributed by atoms with E-state index in [9.17, 15) is 4.79 Å². The smallest absolute Gasteiger partial charge is 0.247 e. The summed E-state index contributed by atoms with van der Waals surface area (Å²) >= 11 is 0. The van der Waals surface area contributed by atoms with Crippen LogP contribution in [0.1, 0.15) is 50.9 Å². The topological polar surface area (TPSA) is 94.1 Å². The average molecular weight is 368 g/mol. The molecule has 142 valence electrons. The van der Waals surface area contributed by atoms with Crippen molar-refractivity contribution in [3.8, 4) is 0 Å². The zero-order valence-corrected chi connectivity index (χ0v) is 15.6. The van der Waals surface area contributed by atoms with Gasteiger partial charge in [0.05, 0.1) is 0 Å². The SMILES string of the molecule is CC[C@H](C)[C@@H](C(=O)N1CCCC(c2nnc3ccccn23)C1)n1cnnn1. The summed E-state index contributed by atoms with van der Waals surface area (Å²) in [6, 6.07) is 5.49. The molecule has 0 aromatic carbocycles. The van der Waals surface area contributed by atoms with Crippen molar-refractivity contribution in [2.24, 2.45) is 5.92 Å². The molecule has 0 radical (unpaired) electrons. The number of amides is 1. The maximum Gasteiger partial charge on any atom is 0.247 e. The van der Waals surface area contributed by atoms with Gasteiger partial charge in [0.15, 0.2) is 5.65 Å². The van der Waals surface area contributed by atoms with Crippen molar-refractivity contribution in [1.29, 1.82) is 0 Å². The number of pyridine rings is 1. The Labute approximate surface area is 157 Å². The normalized spacial score (nSPS) is 19.9. The van der Waals surface area contributed by atoms with E-state index in [4.69, 9.17) is 0 Å². The van der Waals surface area contributed by atoms with Gasteiger partial charge in [0.25, 0.3) is 0 Å². The molecule has 9 heteroatoms. The standard InChI is InChI=1S/C18H24N8O/c1-3-13(2)16(26-12-19-22-23-26)18(27)24-9-6-7-14(11-24)17-21-20-15-8-4-5-10-25(15)17/h4-5,8,10,12-14,16H,3,6-7,9,11H2,1-2H3/t13-,14?,16-/m0/s1. The van der Waals surface area contributed by atoms with E-state index in [0.717, 1.165) is 37.3 Å². The molecule has 0 bridgehead atoms. The number of carbonyl (C=O) groups is 1. The maximum atomic E-state index is 13.3. The van der Waals surface area contributed by atoms with Crippen LogP contribution in [-0.2, 0) is 4.79 Å². The van der Waals surface area contributed by atoms with Gasteiger partial charge < -0.3 is 4.90 Å². The molecule has 0 saturated carbocycles. The highest BCUT2D eigenvalue weighted by Gasteiger charge is 2.35. The summed E-state index contributed by atoms with van der Waals surface area (Å²) < 4.78 is 3.61. The summed E-state index contributed by atoms with van der Waals surface area (Å²) in [5.41, 5.74) is 0.835. The maximum absolute atomic E-state index is 13.3. The first-order chi connectivity index (χ1) is 13.2. The lowest BCUT2D eigenvalue weighted by molar-refractivity contribution is -0.138. The summed E-state index contributed by atoms with van der Waals surface area (Å²) in [6.07, 6.45) is 6.33. The molecular formula is C18H24N8O. The first-order valence-corrected chi connectivity index (χ1v) is 9.50. The Bertz CT molecular complexity index is 905. The van der Waals surface area contributed by atoms with Crippen molar-refractivity contribution >= 4 is 11.6 Å². The van der Waals surface area contributed by atoms with E-state index in [0.29, 0.717) is 6.54 Å². The van der Waals surface area contributed by atoms with E-state index in [-0.39, 0.29) is 23.8 Å². The molecule has 4 heterocycles. The van der Waals surface area contributed by atoms with Gasteiger partial charge in [0, 0.05) is 25.2 Å². The van der Waals surface area contributed by atoms with Crippen molar-refractivity contribution in [2.75, 3.05) is 13.1 Å². The molecule has 1 aliphatic rings. The molecule has 1 fully saturated rings. The van der Waals surface area contributed by atoms with Crippen LogP contribution in [0.3, 0.4) is 0 Å². The van der Waals surface area contributed by atoms with Crippen molar-refractivity contribution in [2.45, 2.75) is 45.1 Å². The summed E-state index contributed by atoms with van der Waals surface area (Å²) in [5, 5.41) is 20.1. The molecule has 0 N–H and O–H groups in total. The van der Waals surface area contributed by atoms with Crippen molar-refractivity contribution in [3.05, 3.63) is 36.5 Å². The molecule has 27 heavy (non-hydrogen) atoms. The van der Waals surface area contributed by atoms with Crippen LogP contribution in [0.15, 0.2) is 30.7 Å². The number of aromatic nitrogens is 7. The lowest BCUT2D eigenvalue weighted by Crippen LogP contribution is -2.45. The second kappa shape index (κ2) is 7.42. The molecule has 1 unspecified atom stereocenters. The van der Waals surface area contributed by atoms with Gasteiger partial charge in [-0.15, -0.1) is 15.3 Å². The fraction of sp³-hybridized carbons (Fsp3) is 0.556. The van der Waals surface area contributed by atoms with E-state index in [1.54, 1.807) is 4.68 Å². The summed E-state index contributed by atoms with van der Waals surface area (Å²) in [5.74, 6) is 1.32. The largest absolute Gasteiger partial charge is 0.340 e. The Kier molecular flexibility index (Phi) is 4.83. The third kappa shape index (κ3) is 3.29. The summed E-state index contributed by atoms with van der Waals surface area (Å²) in [4.78, 5) is 15.3. The third-order valence-corrected chi connectivity index (χ3v) is 5.52. The summed E-state index contributed by atoms with van der Waals surface area (Å²) in [6.45, 7) is 5.54. The Morgan fingerprint density at radius 2 is 2.22 bits per heavy atom. The highest BCUT2D eigenvalue weighted by Crippen LogP contribution is 2.29. The first kappa shape index (κ1) is 17.6. The van der Waals surface area contributed by atoms with Gasteiger partial charge >= 0.3 is 0 Å². The van der Waals surface area contributed by atoms with Crippen molar-refractivity contribution < 1.29 is 4.79 Å². The van der Waals surface area contributed by atoms with Gasteiger partial charge in [-0.3, -0.25) is 9.20 Å². The minimum Gasteiger partial charge on any atom is -0.340 e. The van der Waals surface area contributed by atoms with Crippen LogP contribution in [0.5, 0.6) is 0 Å². The van der Waals surface area contributed by atoms with Crippen LogP contribution < -0.4 is 0 Å². The highest BCUT2D eigenvalue weighted by molar-refractivity contribution is 5.80. The molecule has 3 aromatic rings. The number of hydrogen-bond acceptors (Lipinski definition) is 6. The Morgan fingerprint density at radius 3 is 3.00 bits per heavy atom. The van der Waals surface area contributed by atoms with Crippen LogP contribution in [0.2, 0.25) is 0 Å². The zero-order chi connectivity index (χ0) is 18.8. The molecule has 1 saturated heterocycles. The molecule has 0 spiro atoms. The van der Waals surface area contributed by atoms with Crippen molar-refractivity contribution in [3.63, 3.8) is 0 Å². The zero-order valence-electron chi connectivity index (χ0n) is 15.6. The number of nitrogens with zero attached hydrogens (tertiary/aromatic N) is 8. The van der Waals surface area contributed by atoms with Gasteiger partial charge in [-0.05, 0) is 41.3 Å². The third-order valence-electron chi connectivity index (χ3n) is 5.52. The highest BCUT2D eigenvalue weighted by atomic mass is 16.2. The number of tetrazole rings is 1. The lowest BCUT2D eigenvalue weighted by atomic mass is 9.93. The number of piperidine rings is 1. The van der Waals surface area contributed by atoms with E-state index in [1.165, 1.54) is 6.33 Å². The van der Waals surface area contributed by atoms with Gasteiger partial charge in [-0.25, -0.2) is 4.68 Å². The first-order valence-electron chi connectivity index (χ1n) is 9.50. The van der Waals surface area contributed by atoms with Gasteiger partial charge in [-0.2, -0.15) is 0 Å². The van der Waals surface area contributed by atoms with E-state index < -0.39 is 0 Å². The Morgan fingerprint density at radius 1 is 1.33 bits per heavy atom. The van der Waals surface area contributed by atoms with Crippen LogP contribution in [0.25, 0.3) is 5.65 Å². The van der Waals surface area contributed by atoms with E-state index in [1.807, 2.05) is 33.7 Å².